The summed E-state index contributed by atoms with van der Waals surface area (Å²) in [6, 6.07) is 0.0844. The molecule has 0 spiro atoms. The average molecular weight is 292 g/mol. The van der Waals surface area contributed by atoms with Crippen LogP contribution in [0.25, 0.3) is 0 Å². The Balaban J connectivity index is 2.17. The molecule has 1 fully saturated rings. The quantitative estimate of drug-likeness (QED) is 0.776. The van der Waals surface area contributed by atoms with Crippen molar-refractivity contribution in [1.29, 1.82) is 0 Å². The maximum absolute atomic E-state index is 12.4. The molecule has 1 aliphatic heterocycles. The third kappa shape index (κ3) is 2.70. The zero-order valence-electron chi connectivity index (χ0n) is 10.4. The highest BCUT2D eigenvalue weighted by molar-refractivity contribution is 7.89. The molecule has 0 saturated carbocycles. The highest BCUT2D eigenvalue weighted by Crippen LogP contribution is 2.25. The lowest BCUT2D eigenvalue weighted by molar-refractivity contribution is 0.408. The Bertz CT molecular complexity index is 500. The molecular weight excluding hydrogens is 274 g/mol. The highest BCUT2D eigenvalue weighted by atomic mass is 35.5. The topological polar surface area (TPSA) is 55.2 Å². The van der Waals surface area contributed by atoms with Crippen LogP contribution in [0.4, 0.5) is 0 Å². The summed E-state index contributed by atoms with van der Waals surface area (Å²) in [4.78, 5) is 0.283. The first-order valence-electron chi connectivity index (χ1n) is 6.16. The van der Waals surface area contributed by atoms with Crippen molar-refractivity contribution in [3.63, 3.8) is 0 Å². The predicted octanol–water partition coefficient (Wildman–Crippen LogP) is 1.68. The smallest absolute Gasteiger partial charge is 0.246 e. The summed E-state index contributed by atoms with van der Waals surface area (Å²) in [5.41, 5.74) is 0. The summed E-state index contributed by atoms with van der Waals surface area (Å²) in [5, 5.41) is 4.07. The van der Waals surface area contributed by atoms with Crippen LogP contribution in [0.2, 0.25) is 0 Å². The standard InChI is InChI=1S/C11H18ClN3O2S/c1-10-4-2-7-15(10)18(16,17)11-8-13-14(9-11)6-3-5-12/h8-10H,2-7H2,1H3. The minimum absolute atomic E-state index is 0.0844. The number of halogens is 1. The van der Waals surface area contributed by atoms with Crippen LogP contribution in [0.5, 0.6) is 0 Å². The minimum atomic E-state index is -3.38. The van der Waals surface area contributed by atoms with Crippen molar-refractivity contribution < 1.29 is 8.42 Å². The first-order chi connectivity index (χ1) is 8.55. The van der Waals surface area contributed by atoms with E-state index in [4.69, 9.17) is 11.6 Å². The Morgan fingerprint density at radius 3 is 2.94 bits per heavy atom. The molecule has 0 aliphatic carbocycles. The molecule has 1 aromatic heterocycles. The zero-order chi connectivity index (χ0) is 13.2. The maximum atomic E-state index is 12.4. The summed E-state index contributed by atoms with van der Waals surface area (Å²) in [6.45, 7) is 3.20. The van der Waals surface area contributed by atoms with E-state index in [2.05, 4.69) is 5.10 Å². The maximum Gasteiger partial charge on any atom is 0.246 e. The SMILES string of the molecule is CC1CCCN1S(=O)(=O)c1cnn(CCCCl)c1. The summed E-state index contributed by atoms with van der Waals surface area (Å²) in [6.07, 6.45) is 5.66. The van der Waals surface area contributed by atoms with Crippen molar-refractivity contribution in [2.75, 3.05) is 12.4 Å². The fraction of sp³-hybridized carbons (Fsp3) is 0.727. The zero-order valence-corrected chi connectivity index (χ0v) is 12.0. The normalized spacial score (nSPS) is 21.6. The van der Waals surface area contributed by atoms with Gasteiger partial charge in [-0.05, 0) is 26.2 Å². The van der Waals surface area contributed by atoms with Crippen LogP contribution in [0.15, 0.2) is 17.3 Å². The van der Waals surface area contributed by atoms with E-state index >= 15 is 0 Å². The number of aryl methyl sites for hydroxylation is 1. The van der Waals surface area contributed by atoms with Gasteiger partial charge in [0.1, 0.15) is 4.90 Å². The molecule has 0 radical (unpaired) electrons. The van der Waals surface area contributed by atoms with Crippen molar-refractivity contribution >= 4 is 21.6 Å². The van der Waals surface area contributed by atoms with Crippen LogP contribution in [-0.2, 0) is 16.6 Å². The molecule has 1 aliphatic rings. The first-order valence-corrected chi connectivity index (χ1v) is 8.13. The Morgan fingerprint density at radius 2 is 2.33 bits per heavy atom. The van der Waals surface area contributed by atoms with Crippen LogP contribution in [0, 0.1) is 0 Å². The van der Waals surface area contributed by atoms with E-state index in [1.807, 2.05) is 6.92 Å². The van der Waals surface area contributed by atoms with Crippen LogP contribution in [-0.4, -0.2) is 41.0 Å². The molecular formula is C11H18ClN3O2S. The Hall–Kier alpha value is -0.590. The van der Waals surface area contributed by atoms with Gasteiger partial charge in [0.2, 0.25) is 10.0 Å². The van der Waals surface area contributed by atoms with Crippen LogP contribution < -0.4 is 0 Å². The molecule has 102 valence electrons. The van der Waals surface area contributed by atoms with E-state index in [1.165, 1.54) is 6.20 Å². The third-order valence-corrected chi connectivity index (χ3v) is 5.46. The largest absolute Gasteiger partial charge is 0.271 e. The van der Waals surface area contributed by atoms with Gasteiger partial charge in [-0.15, -0.1) is 11.6 Å². The Kier molecular flexibility index (Phi) is 4.29. The number of nitrogens with zero attached hydrogens (tertiary/aromatic N) is 3. The first kappa shape index (κ1) is 13.8. The predicted molar refractivity (Wildman–Crippen MR) is 70.2 cm³/mol. The fourth-order valence-electron chi connectivity index (χ4n) is 2.22. The van der Waals surface area contributed by atoms with Crippen LogP contribution in [0.1, 0.15) is 26.2 Å². The van der Waals surface area contributed by atoms with E-state index in [9.17, 15) is 8.42 Å². The average Bonchev–Trinajstić information content (AvgIpc) is 2.95. The Labute approximate surface area is 113 Å². The van der Waals surface area contributed by atoms with Crippen molar-refractivity contribution in [1.82, 2.24) is 14.1 Å². The molecule has 2 heterocycles. The van der Waals surface area contributed by atoms with E-state index in [0.717, 1.165) is 19.3 Å². The second-order valence-corrected chi connectivity index (χ2v) is 6.86. The molecule has 0 N–H and O–H groups in total. The molecule has 1 unspecified atom stereocenters. The van der Waals surface area contributed by atoms with Gasteiger partial charge >= 0.3 is 0 Å². The molecule has 0 amide bonds. The third-order valence-electron chi connectivity index (χ3n) is 3.23. The number of alkyl halides is 1. The lowest BCUT2D eigenvalue weighted by atomic mass is 10.3. The van der Waals surface area contributed by atoms with Crippen LogP contribution >= 0.6 is 11.6 Å². The fourth-order valence-corrected chi connectivity index (χ4v) is 4.00. The number of aromatic nitrogens is 2. The second-order valence-electron chi connectivity index (χ2n) is 4.59. The van der Waals surface area contributed by atoms with E-state index in [1.54, 1.807) is 15.2 Å². The molecule has 0 aromatic carbocycles. The number of sulfonamides is 1. The molecule has 2 rings (SSSR count). The highest BCUT2D eigenvalue weighted by Gasteiger charge is 2.33. The van der Waals surface area contributed by atoms with Gasteiger partial charge in [0.05, 0.1) is 6.20 Å². The molecule has 18 heavy (non-hydrogen) atoms. The van der Waals surface area contributed by atoms with Crippen molar-refractivity contribution in [3.05, 3.63) is 12.4 Å². The monoisotopic (exact) mass is 291 g/mol. The second kappa shape index (κ2) is 5.59. The Morgan fingerprint density at radius 1 is 1.56 bits per heavy atom. The van der Waals surface area contributed by atoms with Gasteiger partial charge in [-0.1, -0.05) is 0 Å². The molecule has 1 atom stereocenters. The molecule has 1 saturated heterocycles. The van der Waals surface area contributed by atoms with Crippen molar-refractivity contribution in [3.8, 4) is 0 Å². The number of hydrogen-bond acceptors (Lipinski definition) is 3. The van der Waals surface area contributed by atoms with Gasteiger partial charge in [-0.2, -0.15) is 9.40 Å². The van der Waals surface area contributed by atoms with Gasteiger partial charge in [0, 0.05) is 31.2 Å². The van der Waals surface area contributed by atoms with E-state index < -0.39 is 10.0 Å². The summed E-state index contributed by atoms with van der Waals surface area (Å²) >= 11 is 5.60. The van der Waals surface area contributed by atoms with Gasteiger partial charge in [-0.3, -0.25) is 4.68 Å². The molecule has 1 aromatic rings. The lowest BCUT2D eigenvalue weighted by Gasteiger charge is -2.19. The summed E-state index contributed by atoms with van der Waals surface area (Å²) in [5.74, 6) is 0.547. The number of rotatable bonds is 5. The summed E-state index contributed by atoms with van der Waals surface area (Å²) < 4.78 is 28.0. The van der Waals surface area contributed by atoms with Gasteiger partial charge in [0.15, 0.2) is 0 Å². The molecule has 7 heteroatoms. The molecule has 5 nitrogen and oxygen atoms in total. The van der Waals surface area contributed by atoms with Crippen molar-refractivity contribution in [2.24, 2.45) is 0 Å². The van der Waals surface area contributed by atoms with Crippen LogP contribution in [0.3, 0.4) is 0 Å². The lowest BCUT2D eigenvalue weighted by Crippen LogP contribution is -2.33. The van der Waals surface area contributed by atoms with Gasteiger partial charge < -0.3 is 0 Å². The van der Waals surface area contributed by atoms with E-state index in [-0.39, 0.29) is 10.9 Å². The van der Waals surface area contributed by atoms with Gasteiger partial charge in [-0.25, -0.2) is 8.42 Å². The van der Waals surface area contributed by atoms with E-state index in [0.29, 0.717) is 19.0 Å². The van der Waals surface area contributed by atoms with Gasteiger partial charge in [0.25, 0.3) is 0 Å². The number of hydrogen-bond donors (Lipinski definition) is 0. The van der Waals surface area contributed by atoms with Crippen molar-refractivity contribution in [2.45, 2.75) is 43.7 Å². The summed E-state index contributed by atoms with van der Waals surface area (Å²) in [7, 11) is -3.38. The minimum Gasteiger partial charge on any atom is -0.271 e. The molecule has 0 bridgehead atoms.